The summed E-state index contributed by atoms with van der Waals surface area (Å²) < 4.78 is 0. The minimum absolute atomic E-state index is 0.862. The third kappa shape index (κ3) is 7.18. The van der Waals surface area contributed by atoms with Crippen molar-refractivity contribution >= 4 is 35.1 Å². The van der Waals surface area contributed by atoms with Gasteiger partial charge in [-0.25, -0.2) is 0 Å². The molecule has 0 aromatic heterocycles. The fraction of sp³-hybridized carbons (Fsp3) is 1.00. The summed E-state index contributed by atoms with van der Waals surface area (Å²) in [6.07, 6.45) is 3.60. The molecule has 1 unspecified atom stereocenters. The minimum atomic E-state index is 0.862. The highest BCUT2D eigenvalue weighted by Gasteiger charge is 1.84. The van der Waals surface area contributed by atoms with Crippen molar-refractivity contribution in [2.24, 2.45) is 5.73 Å². The van der Waals surface area contributed by atoms with Crippen LogP contribution in [0.15, 0.2) is 0 Å². The first-order valence-electron chi connectivity index (χ1n) is 2.45. The van der Waals surface area contributed by atoms with Crippen LogP contribution in [0.3, 0.4) is 0 Å². The largest absolute Gasteiger partial charge is 0.331 e. The predicted octanol–water partition coefficient (Wildman–Crippen LogP) is 1.13. The van der Waals surface area contributed by atoms with E-state index in [4.69, 9.17) is 5.73 Å². The van der Waals surface area contributed by atoms with Crippen LogP contribution in [0.25, 0.3) is 0 Å². The molecule has 1 nitrogen and oxygen atoms in total. The summed E-state index contributed by atoms with van der Waals surface area (Å²) >= 11 is 2.41. The van der Waals surface area contributed by atoms with Gasteiger partial charge in [0.2, 0.25) is 0 Å². The van der Waals surface area contributed by atoms with Crippen LogP contribution in [0, 0.1) is 0 Å². The Bertz CT molecular complexity index is 34.1. The molecule has 0 radical (unpaired) electrons. The Morgan fingerprint density at radius 3 is 2.86 bits per heavy atom. The Labute approximate surface area is 60.3 Å². The number of hydrogen-bond acceptors (Lipinski definition) is 1. The molecule has 0 aromatic rings. The molecule has 1 atom stereocenters. The van der Waals surface area contributed by atoms with Crippen molar-refractivity contribution < 1.29 is 0 Å². The summed E-state index contributed by atoms with van der Waals surface area (Å²) in [6, 6.07) is 0. The summed E-state index contributed by atoms with van der Waals surface area (Å²) in [6.45, 7) is 2.22. The lowest BCUT2D eigenvalue weighted by Gasteiger charge is -1.88. The molecule has 0 heterocycles. The third-order valence-electron chi connectivity index (χ3n) is 0.725. The number of halogens is 1. The lowest BCUT2D eigenvalue weighted by molar-refractivity contribution is 0.929. The van der Waals surface area contributed by atoms with Crippen LogP contribution < -0.4 is 5.73 Å². The molecule has 0 saturated heterocycles. The summed E-state index contributed by atoms with van der Waals surface area (Å²) in [5.74, 6) is 0. The quantitative estimate of drug-likeness (QED) is 0.332. The zero-order valence-corrected chi connectivity index (χ0v) is 7.44. The maximum atomic E-state index is 5.27. The summed E-state index contributed by atoms with van der Waals surface area (Å²) in [4.78, 5) is 0. The van der Waals surface area contributed by atoms with E-state index in [9.17, 15) is 0 Å². The number of hydrogen-bond donors (Lipinski definition) is 1. The Morgan fingerprint density at radius 1 is 1.71 bits per heavy atom. The second kappa shape index (κ2) is 7.18. The molecule has 42 valence electrons. The van der Waals surface area contributed by atoms with Crippen molar-refractivity contribution in [1.29, 1.82) is 0 Å². The second-order valence-electron chi connectivity index (χ2n) is 1.38. The zero-order chi connectivity index (χ0) is 5.54. The summed E-state index contributed by atoms with van der Waals surface area (Å²) in [5.41, 5.74) is 5.27. The smallest absolute Gasteiger partial charge is 0.161 e. The van der Waals surface area contributed by atoms with Gasteiger partial charge in [0.15, 0.2) is 7.00 Å². The summed E-state index contributed by atoms with van der Waals surface area (Å²) in [7, 11) is 0. The highest BCUT2D eigenvalue weighted by molar-refractivity contribution is 14.2. The second-order valence-corrected chi connectivity index (χ2v) is 4.44. The molecule has 7 heavy (non-hydrogen) atoms. The lowest BCUT2D eigenvalue weighted by atomic mass is 10.0. The minimum Gasteiger partial charge on any atom is -0.331 e. The average molecular weight is 229 g/mol. The monoisotopic (exact) mass is 229 g/mol. The van der Waals surface area contributed by atoms with E-state index >= 15 is 0 Å². The molecule has 0 aliphatic heterocycles. The molecule has 0 spiro atoms. The number of nitrogens with two attached hydrogens (primary N) is 1. The average Bonchev–Trinajstić information content (AvgIpc) is 1.69. The van der Waals surface area contributed by atoms with E-state index in [2.05, 4.69) is 22.0 Å². The first-order valence-corrected chi connectivity index (χ1v) is 6.77. The molecule has 0 aliphatic rings. The fourth-order valence-corrected chi connectivity index (χ4v) is 1.86. The summed E-state index contributed by atoms with van der Waals surface area (Å²) in [5, 5.41) is 0. The third-order valence-corrected chi connectivity index (χ3v) is 2.89. The van der Waals surface area contributed by atoms with Gasteiger partial charge >= 0.3 is 0 Å². The van der Waals surface area contributed by atoms with Gasteiger partial charge in [0.1, 0.15) is 0 Å². The van der Waals surface area contributed by atoms with Crippen molar-refractivity contribution in [3.63, 3.8) is 0 Å². The van der Waals surface area contributed by atoms with E-state index in [0.29, 0.717) is 0 Å². The van der Waals surface area contributed by atoms with Gasteiger partial charge in [-0.2, -0.15) is 0 Å². The van der Waals surface area contributed by atoms with Crippen molar-refractivity contribution in [2.45, 2.75) is 12.7 Å². The highest BCUT2D eigenvalue weighted by Crippen LogP contribution is 2.19. The zero-order valence-electron chi connectivity index (χ0n) is 4.28. The molecule has 4 heteroatoms. The van der Waals surface area contributed by atoms with Crippen LogP contribution in [-0.2, 0) is 0 Å². The Balaban J connectivity index is 2.45. The van der Waals surface area contributed by atoms with Crippen molar-refractivity contribution in [3.8, 4) is 0 Å². The van der Waals surface area contributed by atoms with Gasteiger partial charge in [-0.1, -0.05) is 34.5 Å². The highest BCUT2D eigenvalue weighted by atomic mass is 127. The van der Waals surface area contributed by atoms with E-state index in [1.807, 2.05) is 0 Å². The van der Waals surface area contributed by atoms with E-state index in [-0.39, 0.29) is 0 Å². The maximum absolute atomic E-state index is 5.27. The standard InChI is InChI=1S/C3H10BINP/c5-7-4-2-1-3-6/h4,7H,1-3,6H2. The van der Waals surface area contributed by atoms with E-state index in [0.717, 1.165) is 12.6 Å². The van der Waals surface area contributed by atoms with Gasteiger partial charge in [-0.15, -0.1) is 0 Å². The van der Waals surface area contributed by atoms with Gasteiger partial charge in [0.05, 0.1) is 0 Å². The Kier molecular flexibility index (Phi) is 8.40. The molecular formula is C3H10BINP. The van der Waals surface area contributed by atoms with E-state index in [1.165, 1.54) is 19.7 Å². The van der Waals surface area contributed by atoms with E-state index < -0.39 is 0 Å². The Hall–Kier alpha value is 1.18. The molecule has 0 bridgehead atoms. The normalized spacial score (nSPS) is 10.6. The van der Waals surface area contributed by atoms with Gasteiger partial charge in [0.25, 0.3) is 0 Å². The molecule has 0 amide bonds. The molecule has 0 saturated carbocycles. The van der Waals surface area contributed by atoms with Crippen LogP contribution in [0.1, 0.15) is 6.42 Å². The molecule has 2 N–H and O–H groups in total. The van der Waals surface area contributed by atoms with Crippen LogP contribution in [-0.4, -0.2) is 13.5 Å². The Morgan fingerprint density at radius 2 is 2.43 bits per heavy atom. The van der Waals surface area contributed by atoms with Gasteiger partial charge < -0.3 is 5.73 Å². The molecular weight excluding hydrogens is 219 g/mol. The first kappa shape index (κ1) is 8.18. The molecule has 0 rings (SSSR count). The maximum Gasteiger partial charge on any atom is 0.161 e. The predicted molar refractivity (Wildman–Crippen MR) is 48.0 cm³/mol. The molecule has 0 aromatic carbocycles. The van der Waals surface area contributed by atoms with Crippen molar-refractivity contribution in [1.82, 2.24) is 0 Å². The molecule has 0 aliphatic carbocycles. The topological polar surface area (TPSA) is 26.0 Å². The van der Waals surface area contributed by atoms with Crippen LogP contribution in [0.4, 0.5) is 0 Å². The van der Waals surface area contributed by atoms with Gasteiger partial charge in [-0.3, -0.25) is 0 Å². The van der Waals surface area contributed by atoms with Crippen LogP contribution >= 0.6 is 28.1 Å². The van der Waals surface area contributed by atoms with Crippen molar-refractivity contribution in [3.05, 3.63) is 0 Å². The fourth-order valence-electron chi connectivity index (χ4n) is 0.336. The van der Waals surface area contributed by atoms with Gasteiger partial charge in [-0.05, 0) is 13.0 Å². The van der Waals surface area contributed by atoms with Crippen LogP contribution in [0.2, 0.25) is 6.32 Å². The van der Waals surface area contributed by atoms with Crippen molar-refractivity contribution in [2.75, 3.05) is 6.54 Å². The first-order chi connectivity index (χ1) is 3.41. The van der Waals surface area contributed by atoms with Gasteiger partial charge in [0, 0.05) is 0 Å². The lowest BCUT2D eigenvalue weighted by Crippen LogP contribution is -1.97. The van der Waals surface area contributed by atoms with Crippen LogP contribution in [0.5, 0.6) is 0 Å². The SMILES string of the molecule is NCCCBPI. The number of rotatable bonds is 4. The van der Waals surface area contributed by atoms with E-state index in [1.54, 1.807) is 0 Å². The molecule has 0 fully saturated rings.